The van der Waals surface area contributed by atoms with Crippen LogP contribution < -0.4 is 5.73 Å². The maximum absolute atomic E-state index is 11.5. The van der Waals surface area contributed by atoms with Crippen LogP contribution in [0, 0.1) is 0 Å². The summed E-state index contributed by atoms with van der Waals surface area (Å²) in [6.07, 6.45) is 1.63. The molecule has 0 fully saturated rings. The van der Waals surface area contributed by atoms with E-state index >= 15 is 0 Å². The monoisotopic (exact) mass is 303 g/mol. The smallest absolute Gasteiger partial charge is 0.226 e. The molecule has 2 aromatic carbocycles. The van der Waals surface area contributed by atoms with E-state index in [0.717, 1.165) is 22.5 Å². The summed E-state index contributed by atoms with van der Waals surface area (Å²) in [7, 11) is 0. The zero-order chi connectivity index (χ0) is 16.2. The van der Waals surface area contributed by atoms with Crippen molar-refractivity contribution in [3.8, 4) is 22.5 Å². The lowest BCUT2D eigenvalue weighted by atomic mass is 10.0. The lowest BCUT2D eigenvalue weighted by Crippen LogP contribution is -2.20. The first-order chi connectivity index (χ1) is 11.2. The van der Waals surface area contributed by atoms with Gasteiger partial charge in [-0.3, -0.25) is 9.78 Å². The minimum atomic E-state index is -0.477. The highest BCUT2D eigenvalue weighted by Crippen LogP contribution is 2.29. The number of hydrogen-bond donors (Lipinski definition) is 1. The second kappa shape index (κ2) is 6.40. The Morgan fingerprint density at radius 2 is 1.43 bits per heavy atom. The average Bonchev–Trinajstić information content (AvgIpc) is 2.62. The van der Waals surface area contributed by atoms with E-state index in [0.29, 0.717) is 5.69 Å². The van der Waals surface area contributed by atoms with Crippen molar-refractivity contribution in [3.05, 3.63) is 72.6 Å². The SMILES string of the molecule is CC(C(N)=O)c1cnc(-c2ccccc2)c(-c2ccccc2)n1. The van der Waals surface area contributed by atoms with E-state index in [-0.39, 0.29) is 0 Å². The quantitative estimate of drug-likeness (QED) is 0.803. The zero-order valence-electron chi connectivity index (χ0n) is 12.8. The van der Waals surface area contributed by atoms with E-state index in [1.54, 1.807) is 13.1 Å². The molecule has 2 N–H and O–H groups in total. The van der Waals surface area contributed by atoms with Crippen LogP contribution in [0.5, 0.6) is 0 Å². The lowest BCUT2D eigenvalue weighted by molar-refractivity contribution is -0.119. The van der Waals surface area contributed by atoms with Gasteiger partial charge in [-0.25, -0.2) is 4.98 Å². The summed E-state index contributed by atoms with van der Waals surface area (Å²) < 4.78 is 0. The van der Waals surface area contributed by atoms with Gasteiger partial charge in [0.1, 0.15) is 0 Å². The second-order valence-electron chi connectivity index (χ2n) is 5.35. The van der Waals surface area contributed by atoms with Crippen LogP contribution in [0.4, 0.5) is 0 Å². The number of nitrogens with two attached hydrogens (primary N) is 1. The largest absolute Gasteiger partial charge is 0.369 e. The molecule has 3 rings (SSSR count). The summed E-state index contributed by atoms with van der Waals surface area (Å²) in [5.74, 6) is -0.888. The van der Waals surface area contributed by atoms with Crippen LogP contribution in [0.1, 0.15) is 18.5 Å². The van der Waals surface area contributed by atoms with Crippen LogP contribution in [-0.4, -0.2) is 15.9 Å². The van der Waals surface area contributed by atoms with Crippen LogP contribution in [0.3, 0.4) is 0 Å². The van der Waals surface area contributed by atoms with E-state index in [4.69, 9.17) is 5.73 Å². The van der Waals surface area contributed by atoms with E-state index < -0.39 is 11.8 Å². The summed E-state index contributed by atoms with van der Waals surface area (Å²) >= 11 is 0. The molecule has 0 aliphatic carbocycles. The molecule has 1 amide bonds. The van der Waals surface area contributed by atoms with Crippen LogP contribution in [-0.2, 0) is 4.79 Å². The molecule has 0 saturated heterocycles. The Morgan fingerprint density at radius 3 is 1.96 bits per heavy atom. The Balaban J connectivity index is 2.19. The van der Waals surface area contributed by atoms with E-state index in [2.05, 4.69) is 9.97 Å². The molecule has 0 spiro atoms. The number of carbonyl (C=O) groups is 1. The molecule has 4 nitrogen and oxygen atoms in total. The molecule has 1 unspecified atom stereocenters. The first-order valence-corrected chi connectivity index (χ1v) is 7.44. The van der Waals surface area contributed by atoms with Gasteiger partial charge in [-0.05, 0) is 6.92 Å². The van der Waals surface area contributed by atoms with Gasteiger partial charge in [0.05, 0.1) is 23.0 Å². The van der Waals surface area contributed by atoms with Crippen molar-refractivity contribution in [2.75, 3.05) is 0 Å². The zero-order valence-corrected chi connectivity index (χ0v) is 12.8. The number of amides is 1. The van der Waals surface area contributed by atoms with Crippen molar-refractivity contribution < 1.29 is 4.79 Å². The summed E-state index contributed by atoms with van der Waals surface area (Å²) in [6, 6.07) is 19.7. The van der Waals surface area contributed by atoms with Crippen molar-refractivity contribution >= 4 is 5.91 Å². The van der Waals surface area contributed by atoms with Crippen LogP contribution >= 0.6 is 0 Å². The predicted octanol–water partition coefficient (Wildman–Crippen LogP) is 3.40. The Labute approximate surface area is 135 Å². The molecule has 4 heteroatoms. The maximum Gasteiger partial charge on any atom is 0.226 e. The molecule has 0 saturated carbocycles. The number of primary amides is 1. The number of carbonyl (C=O) groups excluding carboxylic acids is 1. The third-order valence-corrected chi connectivity index (χ3v) is 3.76. The predicted molar refractivity (Wildman–Crippen MR) is 90.5 cm³/mol. The first-order valence-electron chi connectivity index (χ1n) is 7.44. The molecular weight excluding hydrogens is 286 g/mol. The van der Waals surface area contributed by atoms with Crippen LogP contribution in [0.25, 0.3) is 22.5 Å². The standard InChI is InChI=1S/C19H17N3O/c1-13(19(20)23)16-12-21-17(14-8-4-2-5-9-14)18(22-16)15-10-6-3-7-11-15/h2-13H,1H3,(H2,20,23). The normalized spacial score (nSPS) is 11.9. The first kappa shape index (κ1) is 14.9. The van der Waals surface area contributed by atoms with E-state index in [1.807, 2.05) is 60.7 Å². The fraction of sp³-hybridized carbons (Fsp3) is 0.105. The fourth-order valence-electron chi connectivity index (χ4n) is 2.36. The second-order valence-corrected chi connectivity index (χ2v) is 5.35. The third kappa shape index (κ3) is 3.11. The van der Waals surface area contributed by atoms with Crippen molar-refractivity contribution in [1.82, 2.24) is 9.97 Å². The summed E-state index contributed by atoms with van der Waals surface area (Å²) in [6.45, 7) is 1.74. The van der Waals surface area contributed by atoms with Crippen LogP contribution in [0.15, 0.2) is 66.9 Å². The molecule has 0 radical (unpaired) electrons. The molecule has 1 heterocycles. The van der Waals surface area contributed by atoms with Gasteiger partial charge in [0.15, 0.2) is 0 Å². The highest BCUT2D eigenvalue weighted by molar-refractivity contribution is 5.82. The van der Waals surface area contributed by atoms with E-state index in [9.17, 15) is 4.79 Å². The van der Waals surface area contributed by atoms with Gasteiger partial charge in [-0.1, -0.05) is 60.7 Å². The summed E-state index contributed by atoms with van der Waals surface area (Å²) in [5.41, 5.74) is 9.46. The number of aromatic nitrogens is 2. The van der Waals surface area contributed by atoms with Crippen LogP contribution in [0.2, 0.25) is 0 Å². The Bertz CT molecular complexity index is 817. The van der Waals surface area contributed by atoms with Crippen molar-refractivity contribution in [1.29, 1.82) is 0 Å². The molecule has 23 heavy (non-hydrogen) atoms. The molecule has 1 atom stereocenters. The lowest BCUT2D eigenvalue weighted by Gasteiger charge is -2.13. The number of rotatable bonds is 4. The molecular formula is C19H17N3O. The molecule has 114 valence electrons. The molecule has 1 aromatic heterocycles. The molecule has 3 aromatic rings. The number of hydrogen-bond acceptors (Lipinski definition) is 3. The molecule has 0 bridgehead atoms. The van der Waals surface area contributed by atoms with Crippen molar-refractivity contribution in [2.45, 2.75) is 12.8 Å². The molecule has 0 aliphatic heterocycles. The van der Waals surface area contributed by atoms with Gasteiger partial charge in [-0.2, -0.15) is 0 Å². The Kier molecular flexibility index (Phi) is 4.15. The van der Waals surface area contributed by atoms with Gasteiger partial charge in [0, 0.05) is 17.3 Å². The highest BCUT2D eigenvalue weighted by atomic mass is 16.1. The third-order valence-electron chi connectivity index (χ3n) is 3.76. The van der Waals surface area contributed by atoms with Gasteiger partial charge in [0.25, 0.3) is 0 Å². The number of nitrogens with zero attached hydrogens (tertiary/aromatic N) is 2. The summed E-state index contributed by atoms with van der Waals surface area (Å²) in [5, 5.41) is 0. The minimum absolute atomic E-state index is 0.411. The van der Waals surface area contributed by atoms with Gasteiger partial charge in [-0.15, -0.1) is 0 Å². The van der Waals surface area contributed by atoms with Gasteiger partial charge >= 0.3 is 0 Å². The highest BCUT2D eigenvalue weighted by Gasteiger charge is 2.18. The fourth-order valence-corrected chi connectivity index (χ4v) is 2.36. The average molecular weight is 303 g/mol. The maximum atomic E-state index is 11.5. The molecule has 0 aliphatic rings. The van der Waals surface area contributed by atoms with Crippen molar-refractivity contribution in [2.24, 2.45) is 5.73 Å². The topological polar surface area (TPSA) is 68.9 Å². The van der Waals surface area contributed by atoms with Gasteiger partial charge < -0.3 is 5.73 Å². The van der Waals surface area contributed by atoms with Gasteiger partial charge in [0.2, 0.25) is 5.91 Å². The summed E-state index contributed by atoms with van der Waals surface area (Å²) in [4.78, 5) is 20.7. The Morgan fingerprint density at radius 1 is 0.913 bits per heavy atom. The van der Waals surface area contributed by atoms with E-state index in [1.165, 1.54) is 0 Å². The number of benzene rings is 2. The minimum Gasteiger partial charge on any atom is -0.369 e. The van der Waals surface area contributed by atoms with Crippen molar-refractivity contribution in [3.63, 3.8) is 0 Å². The Hall–Kier alpha value is -3.01.